The number of carbonyl (C=O) groups is 2. The van der Waals surface area contributed by atoms with Gasteiger partial charge in [-0.25, -0.2) is 0 Å². The molecule has 1 saturated heterocycles. The first-order chi connectivity index (χ1) is 14.9. The highest BCUT2D eigenvalue weighted by Crippen LogP contribution is 2.23. The van der Waals surface area contributed by atoms with Gasteiger partial charge >= 0.3 is 0 Å². The number of nitrogens with one attached hydrogen (secondary N) is 2. The van der Waals surface area contributed by atoms with Gasteiger partial charge in [-0.2, -0.15) is 11.8 Å². The van der Waals surface area contributed by atoms with Crippen LogP contribution in [0.25, 0.3) is 0 Å². The maximum Gasteiger partial charge on any atom is 0.226 e. The first kappa shape index (κ1) is 23.2. The summed E-state index contributed by atoms with van der Waals surface area (Å²) in [6.07, 6.45) is 0.151. The summed E-state index contributed by atoms with van der Waals surface area (Å²) in [5, 5.41) is 5.88. The number of nitrogens with zero attached hydrogens (tertiary/aromatic N) is 1. The Balaban J connectivity index is 1.63. The molecule has 166 valence electrons. The van der Waals surface area contributed by atoms with Gasteiger partial charge in [0.15, 0.2) is 0 Å². The first-order valence-electron chi connectivity index (χ1n) is 10.5. The normalized spacial score (nSPS) is 15.2. The minimum Gasteiger partial charge on any atom is -0.497 e. The Hall–Kier alpha value is -2.51. The lowest BCUT2D eigenvalue weighted by atomic mass is 10.0. The van der Waals surface area contributed by atoms with Crippen molar-refractivity contribution in [3.63, 3.8) is 0 Å². The van der Waals surface area contributed by atoms with E-state index in [9.17, 15) is 9.59 Å². The van der Waals surface area contributed by atoms with Crippen molar-refractivity contribution in [2.45, 2.75) is 32.9 Å². The van der Waals surface area contributed by atoms with Crippen LogP contribution in [0.5, 0.6) is 5.75 Å². The second-order valence-corrected chi connectivity index (χ2v) is 9.04. The molecule has 7 heteroatoms. The largest absolute Gasteiger partial charge is 0.497 e. The highest BCUT2D eigenvalue weighted by atomic mass is 32.2. The highest BCUT2D eigenvalue weighted by molar-refractivity contribution is 7.99. The van der Waals surface area contributed by atoms with Crippen LogP contribution in [0.4, 0.5) is 5.69 Å². The molecule has 0 spiro atoms. The van der Waals surface area contributed by atoms with Gasteiger partial charge in [0, 0.05) is 43.8 Å². The van der Waals surface area contributed by atoms with Crippen LogP contribution < -0.4 is 15.4 Å². The molecule has 0 aliphatic carbocycles. The van der Waals surface area contributed by atoms with E-state index in [2.05, 4.69) is 27.7 Å². The number of thioether (sulfide) groups is 1. The van der Waals surface area contributed by atoms with Crippen LogP contribution in [-0.4, -0.2) is 48.4 Å². The van der Waals surface area contributed by atoms with E-state index in [1.54, 1.807) is 7.11 Å². The second kappa shape index (κ2) is 11.2. The number of hydrogen-bond acceptors (Lipinski definition) is 5. The molecule has 0 radical (unpaired) electrons. The molecule has 0 saturated carbocycles. The fraction of sp³-hybridized carbons (Fsp3) is 0.417. The van der Waals surface area contributed by atoms with Crippen molar-refractivity contribution in [2.75, 3.05) is 37.0 Å². The van der Waals surface area contributed by atoms with E-state index in [1.165, 1.54) is 24.0 Å². The SMILES string of the molecule is COc1ccc(C(CC(=O)Nc2ccc(CN3CCSCC3)cc2C)NC(C)=O)cc1. The van der Waals surface area contributed by atoms with E-state index in [1.807, 2.05) is 49.0 Å². The number of hydrogen-bond donors (Lipinski definition) is 2. The molecule has 0 aromatic heterocycles. The summed E-state index contributed by atoms with van der Waals surface area (Å²) >= 11 is 2.01. The van der Waals surface area contributed by atoms with Crippen LogP contribution in [0.3, 0.4) is 0 Å². The molecule has 1 unspecified atom stereocenters. The van der Waals surface area contributed by atoms with Gasteiger partial charge < -0.3 is 15.4 Å². The van der Waals surface area contributed by atoms with Crippen LogP contribution in [0, 0.1) is 6.92 Å². The fourth-order valence-corrected chi connectivity index (χ4v) is 4.68. The second-order valence-electron chi connectivity index (χ2n) is 7.82. The lowest BCUT2D eigenvalue weighted by molar-refractivity contribution is -0.120. The van der Waals surface area contributed by atoms with E-state index in [-0.39, 0.29) is 18.2 Å². The van der Waals surface area contributed by atoms with Crippen molar-refractivity contribution >= 4 is 29.3 Å². The van der Waals surface area contributed by atoms with Crippen LogP contribution >= 0.6 is 11.8 Å². The molecular formula is C24H31N3O3S. The Bertz CT molecular complexity index is 895. The zero-order valence-electron chi connectivity index (χ0n) is 18.4. The predicted molar refractivity (Wildman–Crippen MR) is 127 cm³/mol. The van der Waals surface area contributed by atoms with Gasteiger partial charge in [-0.05, 0) is 41.8 Å². The molecule has 3 rings (SSSR count). The van der Waals surface area contributed by atoms with Crippen molar-refractivity contribution in [3.8, 4) is 5.75 Å². The minimum absolute atomic E-state index is 0.140. The maximum absolute atomic E-state index is 12.8. The van der Waals surface area contributed by atoms with Gasteiger partial charge in [0.1, 0.15) is 5.75 Å². The van der Waals surface area contributed by atoms with E-state index >= 15 is 0 Å². The Morgan fingerprint density at radius 1 is 1.13 bits per heavy atom. The summed E-state index contributed by atoms with van der Waals surface area (Å²) in [5.41, 5.74) is 3.96. The Kier molecular flexibility index (Phi) is 8.37. The van der Waals surface area contributed by atoms with E-state index in [0.717, 1.165) is 42.2 Å². The van der Waals surface area contributed by atoms with Crippen molar-refractivity contribution < 1.29 is 14.3 Å². The molecule has 1 heterocycles. The number of amides is 2. The number of rotatable bonds is 8. The molecule has 2 N–H and O–H groups in total. The number of aryl methyl sites for hydroxylation is 1. The van der Waals surface area contributed by atoms with Gasteiger partial charge in [-0.15, -0.1) is 0 Å². The lowest BCUT2D eigenvalue weighted by Crippen LogP contribution is -2.32. The molecule has 31 heavy (non-hydrogen) atoms. The number of carbonyl (C=O) groups excluding carboxylic acids is 2. The van der Waals surface area contributed by atoms with Crippen LogP contribution in [0.15, 0.2) is 42.5 Å². The van der Waals surface area contributed by atoms with E-state index in [0.29, 0.717) is 0 Å². The number of anilines is 1. The zero-order chi connectivity index (χ0) is 22.2. The molecule has 1 fully saturated rings. The van der Waals surface area contributed by atoms with Crippen molar-refractivity contribution in [1.29, 1.82) is 0 Å². The molecule has 0 bridgehead atoms. The maximum atomic E-state index is 12.8. The molecular weight excluding hydrogens is 410 g/mol. The first-order valence-corrected chi connectivity index (χ1v) is 11.7. The van der Waals surface area contributed by atoms with Gasteiger partial charge in [0.2, 0.25) is 11.8 Å². The molecule has 2 aromatic rings. The number of ether oxygens (including phenoxy) is 1. The predicted octanol–water partition coefficient (Wildman–Crippen LogP) is 3.76. The summed E-state index contributed by atoms with van der Waals surface area (Å²) in [5.74, 6) is 2.80. The molecule has 1 aliphatic rings. The third-order valence-corrected chi connectivity index (χ3v) is 6.30. The van der Waals surface area contributed by atoms with Gasteiger partial charge in [-0.1, -0.05) is 24.3 Å². The summed E-state index contributed by atoms with van der Waals surface area (Å²) in [6, 6.07) is 13.2. The van der Waals surface area contributed by atoms with Gasteiger partial charge in [0.25, 0.3) is 0 Å². The zero-order valence-corrected chi connectivity index (χ0v) is 19.3. The van der Waals surface area contributed by atoms with Gasteiger partial charge in [0.05, 0.1) is 19.6 Å². The smallest absolute Gasteiger partial charge is 0.226 e. The Morgan fingerprint density at radius 2 is 1.84 bits per heavy atom. The fourth-order valence-electron chi connectivity index (χ4n) is 3.70. The van der Waals surface area contributed by atoms with Crippen molar-refractivity contribution in [1.82, 2.24) is 10.2 Å². The number of benzene rings is 2. The van der Waals surface area contributed by atoms with E-state index < -0.39 is 6.04 Å². The van der Waals surface area contributed by atoms with Crippen LogP contribution in [-0.2, 0) is 16.1 Å². The Labute approximate surface area is 188 Å². The van der Waals surface area contributed by atoms with E-state index in [4.69, 9.17) is 4.74 Å². The third kappa shape index (κ3) is 7.01. The lowest BCUT2D eigenvalue weighted by Gasteiger charge is -2.26. The molecule has 2 aromatic carbocycles. The standard InChI is InChI=1S/C24H31N3O3S/c1-17-14-19(16-27-10-12-31-13-11-27)4-9-22(17)26-24(29)15-23(25-18(2)28)20-5-7-21(30-3)8-6-20/h4-9,14,23H,10-13,15-16H2,1-3H3,(H,25,28)(H,26,29). The summed E-state index contributed by atoms with van der Waals surface area (Å²) in [6.45, 7) is 6.66. The quantitative estimate of drug-likeness (QED) is 0.653. The van der Waals surface area contributed by atoms with Gasteiger partial charge in [-0.3, -0.25) is 14.5 Å². The Morgan fingerprint density at radius 3 is 2.45 bits per heavy atom. The number of methoxy groups -OCH3 is 1. The monoisotopic (exact) mass is 441 g/mol. The third-order valence-electron chi connectivity index (χ3n) is 5.36. The van der Waals surface area contributed by atoms with Crippen molar-refractivity contribution in [2.24, 2.45) is 0 Å². The molecule has 6 nitrogen and oxygen atoms in total. The molecule has 1 aliphatic heterocycles. The van der Waals surface area contributed by atoms with Crippen LogP contribution in [0.2, 0.25) is 0 Å². The summed E-state index contributed by atoms with van der Waals surface area (Å²) < 4.78 is 5.19. The molecule has 2 amide bonds. The minimum atomic E-state index is -0.403. The van der Waals surface area contributed by atoms with Crippen LogP contribution in [0.1, 0.15) is 36.1 Å². The summed E-state index contributed by atoms with van der Waals surface area (Å²) in [7, 11) is 1.60. The molecule has 1 atom stereocenters. The topological polar surface area (TPSA) is 70.7 Å². The average molecular weight is 442 g/mol. The highest BCUT2D eigenvalue weighted by Gasteiger charge is 2.18. The average Bonchev–Trinajstić information content (AvgIpc) is 2.76. The van der Waals surface area contributed by atoms with Crippen molar-refractivity contribution in [3.05, 3.63) is 59.2 Å². The summed E-state index contributed by atoms with van der Waals surface area (Å²) in [4.78, 5) is 26.9.